The van der Waals surface area contributed by atoms with Crippen LogP contribution in [0.25, 0.3) is 0 Å². The number of para-hydroxylation sites is 2. The van der Waals surface area contributed by atoms with E-state index >= 15 is 0 Å². The first-order valence-electron chi connectivity index (χ1n) is 13.2. The van der Waals surface area contributed by atoms with Gasteiger partial charge >= 0.3 is 0 Å². The van der Waals surface area contributed by atoms with E-state index in [1.165, 1.54) is 24.8 Å². The molecule has 1 amide bonds. The molecule has 1 fully saturated rings. The molecule has 0 bridgehead atoms. The molecule has 0 radical (unpaired) electrons. The first-order valence-corrected chi connectivity index (χ1v) is 14.7. The van der Waals surface area contributed by atoms with Gasteiger partial charge in [-0.1, -0.05) is 60.5 Å². The Labute approximate surface area is 226 Å². The molecule has 1 N–H and O–H groups in total. The fourth-order valence-electron chi connectivity index (χ4n) is 4.60. The third-order valence-electron chi connectivity index (χ3n) is 6.70. The molecule has 0 unspecified atom stereocenters. The van der Waals surface area contributed by atoms with Crippen LogP contribution >= 0.6 is 0 Å². The van der Waals surface area contributed by atoms with E-state index in [0.29, 0.717) is 24.6 Å². The summed E-state index contributed by atoms with van der Waals surface area (Å²) in [6.07, 6.45) is 3.84. The second-order valence-corrected chi connectivity index (χ2v) is 11.5. The standard InChI is InChI=1S/C30H37N3O4S/c1-3-37-29-10-6-5-9-28(29)33(38(35,36)27-17-11-24(2)12-18-27)23-30(34)31-21-25-13-15-26(16-14-25)22-32-19-7-4-8-20-32/h5-6,9-18H,3-4,7-8,19-23H2,1-2H3,(H,31,34). The Hall–Kier alpha value is -3.36. The normalized spacial score (nSPS) is 14.2. The summed E-state index contributed by atoms with van der Waals surface area (Å²) in [5.41, 5.74) is 3.49. The van der Waals surface area contributed by atoms with E-state index < -0.39 is 15.9 Å². The summed E-state index contributed by atoms with van der Waals surface area (Å²) in [7, 11) is -4.02. The van der Waals surface area contributed by atoms with Gasteiger partial charge in [0.25, 0.3) is 10.0 Å². The maximum Gasteiger partial charge on any atom is 0.264 e. The first-order chi connectivity index (χ1) is 18.4. The number of ether oxygens (including phenoxy) is 1. The topological polar surface area (TPSA) is 79.0 Å². The molecule has 38 heavy (non-hydrogen) atoms. The Morgan fingerprint density at radius 3 is 2.26 bits per heavy atom. The van der Waals surface area contributed by atoms with E-state index in [1.807, 2.05) is 26.0 Å². The maximum absolute atomic E-state index is 13.7. The summed E-state index contributed by atoms with van der Waals surface area (Å²) < 4.78 is 34.2. The number of nitrogens with zero attached hydrogens (tertiary/aromatic N) is 2. The van der Waals surface area contributed by atoms with Crippen molar-refractivity contribution in [3.63, 3.8) is 0 Å². The molecule has 0 spiro atoms. The van der Waals surface area contributed by atoms with Crippen LogP contribution in [0.2, 0.25) is 0 Å². The summed E-state index contributed by atoms with van der Waals surface area (Å²) in [6.45, 7) is 7.28. The lowest BCUT2D eigenvalue weighted by Crippen LogP contribution is -2.40. The number of nitrogens with one attached hydrogen (secondary N) is 1. The Bertz CT molecular complexity index is 1300. The number of carbonyl (C=O) groups excluding carboxylic acids is 1. The summed E-state index contributed by atoms with van der Waals surface area (Å²) in [6, 6.07) is 21.7. The molecule has 0 aliphatic carbocycles. The minimum absolute atomic E-state index is 0.117. The van der Waals surface area contributed by atoms with Crippen LogP contribution < -0.4 is 14.4 Å². The third kappa shape index (κ3) is 7.14. The third-order valence-corrected chi connectivity index (χ3v) is 8.47. The molecule has 3 aromatic rings. The average molecular weight is 536 g/mol. The van der Waals surface area contributed by atoms with Crippen molar-refractivity contribution in [1.82, 2.24) is 10.2 Å². The Balaban J connectivity index is 1.47. The fraction of sp³-hybridized carbons (Fsp3) is 0.367. The number of piperidine rings is 1. The van der Waals surface area contributed by atoms with E-state index in [1.54, 1.807) is 48.5 Å². The lowest BCUT2D eigenvalue weighted by Gasteiger charge is -2.26. The molecule has 1 aliphatic rings. The van der Waals surface area contributed by atoms with Crippen molar-refractivity contribution in [1.29, 1.82) is 0 Å². The molecule has 0 aromatic heterocycles. The summed E-state index contributed by atoms with van der Waals surface area (Å²) >= 11 is 0. The van der Waals surface area contributed by atoms with Crippen LogP contribution in [0.15, 0.2) is 77.7 Å². The van der Waals surface area contributed by atoms with Crippen molar-refractivity contribution in [2.24, 2.45) is 0 Å². The number of benzene rings is 3. The largest absolute Gasteiger partial charge is 0.492 e. The van der Waals surface area contributed by atoms with Crippen molar-refractivity contribution in [2.45, 2.75) is 51.1 Å². The first kappa shape index (κ1) is 27.7. The number of likely N-dealkylation sites (tertiary alicyclic amines) is 1. The van der Waals surface area contributed by atoms with Gasteiger partial charge in [-0.2, -0.15) is 0 Å². The average Bonchev–Trinajstić information content (AvgIpc) is 2.93. The van der Waals surface area contributed by atoms with Crippen LogP contribution in [0.3, 0.4) is 0 Å². The van der Waals surface area contributed by atoms with Crippen molar-refractivity contribution in [3.8, 4) is 5.75 Å². The zero-order chi connectivity index (χ0) is 27.0. The minimum atomic E-state index is -4.02. The number of carbonyl (C=O) groups is 1. The highest BCUT2D eigenvalue weighted by atomic mass is 32.2. The predicted molar refractivity (Wildman–Crippen MR) is 151 cm³/mol. The minimum Gasteiger partial charge on any atom is -0.492 e. The zero-order valence-electron chi connectivity index (χ0n) is 22.2. The van der Waals surface area contributed by atoms with Crippen LogP contribution in [-0.4, -0.2) is 45.5 Å². The van der Waals surface area contributed by atoms with Gasteiger partial charge in [-0.15, -0.1) is 0 Å². The van der Waals surface area contributed by atoms with Gasteiger partial charge in [-0.05, 0) is 75.2 Å². The van der Waals surface area contributed by atoms with Gasteiger partial charge in [0.05, 0.1) is 17.2 Å². The van der Waals surface area contributed by atoms with E-state index in [0.717, 1.165) is 35.1 Å². The van der Waals surface area contributed by atoms with E-state index in [4.69, 9.17) is 4.74 Å². The highest BCUT2D eigenvalue weighted by Gasteiger charge is 2.29. The van der Waals surface area contributed by atoms with E-state index in [9.17, 15) is 13.2 Å². The van der Waals surface area contributed by atoms with Crippen LogP contribution in [0.4, 0.5) is 5.69 Å². The lowest BCUT2D eigenvalue weighted by atomic mass is 10.1. The Morgan fingerprint density at radius 1 is 0.921 bits per heavy atom. The number of sulfonamides is 1. The summed E-state index contributed by atoms with van der Waals surface area (Å²) in [5.74, 6) is 0.00663. The van der Waals surface area contributed by atoms with Crippen LogP contribution in [0, 0.1) is 6.92 Å². The van der Waals surface area contributed by atoms with Gasteiger partial charge in [0.15, 0.2) is 0 Å². The lowest BCUT2D eigenvalue weighted by molar-refractivity contribution is -0.119. The Morgan fingerprint density at radius 2 is 1.58 bits per heavy atom. The predicted octanol–water partition coefficient (Wildman–Crippen LogP) is 4.89. The number of anilines is 1. The molecule has 0 saturated carbocycles. The number of hydrogen-bond donors (Lipinski definition) is 1. The molecule has 1 aliphatic heterocycles. The van der Waals surface area contributed by atoms with Crippen molar-refractivity contribution in [3.05, 3.63) is 89.5 Å². The van der Waals surface area contributed by atoms with Crippen molar-refractivity contribution >= 4 is 21.6 Å². The fourth-order valence-corrected chi connectivity index (χ4v) is 6.03. The highest BCUT2D eigenvalue weighted by Crippen LogP contribution is 2.32. The van der Waals surface area contributed by atoms with E-state index in [-0.39, 0.29) is 11.4 Å². The number of hydrogen-bond acceptors (Lipinski definition) is 5. The maximum atomic E-state index is 13.7. The molecule has 1 heterocycles. The molecule has 4 rings (SSSR count). The van der Waals surface area contributed by atoms with Gasteiger partial charge in [0.2, 0.25) is 5.91 Å². The zero-order valence-corrected chi connectivity index (χ0v) is 23.0. The highest BCUT2D eigenvalue weighted by molar-refractivity contribution is 7.92. The number of amides is 1. The molecular formula is C30H37N3O4S. The Kier molecular flexibility index (Phi) is 9.42. The van der Waals surface area contributed by atoms with Gasteiger partial charge in [-0.3, -0.25) is 14.0 Å². The summed E-state index contributed by atoms with van der Waals surface area (Å²) in [4.78, 5) is 15.7. The van der Waals surface area contributed by atoms with Crippen LogP contribution in [-0.2, 0) is 27.9 Å². The van der Waals surface area contributed by atoms with Gasteiger partial charge in [0.1, 0.15) is 12.3 Å². The smallest absolute Gasteiger partial charge is 0.264 e. The molecular weight excluding hydrogens is 498 g/mol. The summed E-state index contributed by atoms with van der Waals surface area (Å²) in [5, 5.41) is 2.89. The number of rotatable bonds is 11. The second kappa shape index (κ2) is 12.9. The van der Waals surface area contributed by atoms with Gasteiger partial charge in [-0.25, -0.2) is 8.42 Å². The monoisotopic (exact) mass is 535 g/mol. The molecule has 1 saturated heterocycles. The van der Waals surface area contributed by atoms with Crippen LogP contribution in [0.5, 0.6) is 5.75 Å². The molecule has 7 nitrogen and oxygen atoms in total. The molecule has 8 heteroatoms. The molecule has 0 atom stereocenters. The van der Waals surface area contributed by atoms with Crippen LogP contribution in [0.1, 0.15) is 42.9 Å². The molecule has 3 aromatic carbocycles. The SMILES string of the molecule is CCOc1ccccc1N(CC(=O)NCc1ccc(CN2CCCCC2)cc1)S(=O)(=O)c1ccc(C)cc1. The quantitative estimate of drug-likeness (QED) is 0.378. The van der Waals surface area contributed by atoms with Gasteiger partial charge in [0, 0.05) is 13.1 Å². The molecule has 202 valence electrons. The van der Waals surface area contributed by atoms with Gasteiger partial charge < -0.3 is 10.1 Å². The van der Waals surface area contributed by atoms with E-state index in [2.05, 4.69) is 22.3 Å². The van der Waals surface area contributed by atoms with Crippen molar-refractivity contribution in [2.75, 3.05) is 30.5 Å². The van der Waals surface area contributed by atoms with Crippen molar-refractivity contribution < 1.29 is 17.9 Å². The second-order valence-electron chi connectivity index (χ2n) is 9.66. The number of aryl methyl sites for hydroxylation is 1.